The Bertz CT molecular complexity index is 662. The van der Waals surface area contributed by atoms with Gasteiger partial charge in [0.2, 0.25) is 5.89 Å². The maximum absolute atomic E-state index is 12.0. The van der Waals surface area contributed by atoms with Gasteiger partial charge >= 0.3 is 6.03 Å². The summed E-state index contributed by atoms with van der Waals surface area (Å²) in [6, 6.07) is 7.80. The predicted molar refractivity (Wildman–Crippen MR) is 83.4 cm³/mol. The lowest BCUT2D eigenvalue weighted by molar-refractivity contribution is 0.137. The van der Waals surface area contributed by atoms with Gasteiger partial charge in [-0.05, 0) is 31.0 Å². The van der Waals surface area contributed by atoms with Gasteiger partial charge in [-0.3, -0.25) is 0 Å². The van der Waals surface area contributed by atoms with Gasteiger partial charge in [0, 0.05) is 19.6 Å². The van der Waals surface area contributed by atoms with Gasteiger partial charge in [-0.25, -0.2) is 4.79 Å². The lowest BCUT2D eigenvalue weighted by Gasteiger charge is -2.36. The number of hydrogen-bond acceptors (Lipinski definition) is 5. The molecule has 2 heterocycles. The number of aryl methyl sites for hydroxylation is 1. The van der Waals surface area contributed by atoms with E-state index in [9.17, 15) is 4.79 Å². The van der Waals surface area contributed by atoms with Crippen molar-refractivity contribution in [2.45, 2.75) is 19.3 Å². The predicted octanol–water partition coefficient (Wildman–Crippen LogP) is 1.74. The summed E-state index contributed by atoms with van der Waals surface area (Å²) >= 11 is 0. The van der Waals surface area contributed by atoms with E-state index < -0.39 is 0 Å². The molecule has 2 aromatic rings. The van der Waals surface area contributed by atoms with E-state index in [0.717, 1.165) is 17.7 Å². The smallest absolute Gasteiger partial charge is 0.317 e. The largest absolute Gasteiger partial charge is 0.497 e. The number of benzene rings is 1. The molecule has 0 spiro atoms. The van der Waals surface area contributed by atoms with E-state index in [1.807, 2.05) is 24.3 Å². The Labute approximate surface area is 134 Å². The molecule has 23 heavy (non-hydrogen) atoms. The number of hydrogen-bond donors (Lipinski definition) is 1. The fourth-order valence-electron chi connectivity index (χ4n) is 2.50. The number of carbonyl (C=O) groups is 1. The molecule has 2 amide bonds. The normalized spacial score (nSPS) is 14.4. The second-order valence-electron chi connectivity index (χ2n) is 5.61. The second kappa shape index (κ2) is 6.68. The molecule has 3 rings (SSSR count). The van der Waals surface area contributed by atoms with E-state index in [2.05, 4.69) is 15.5 Å². The van der Waals surface area contributed by atoms with Gasteiger partial charge in [-0.15, -0.1) is 0 Å². The van der Waals surface area contributed by atoms with Crippen molar-refractivity contribution in [1.82, 2.24) is 20.4 Å². The summed E-state index contributed by atoms with van der Waals surface area (Å²) in [6.45, 7) is 3.63. The zero-order valence-corrected chi connectivity index (χ0v) is 13.3. The monoisotopic (exact) mass is 316 g/mol. The van der Waals surface area contributed by atoms with Crippen LogP contribution in [0.15, 0.2) is 28.8 Å². The van der Waals surface area contributed by atoms with Crippen molar-refractivity contribution < 1.29 is 14.1 Å². The molecule has 0 unspecified atom stereocenters. The van der Waals surface area contributed by atoms with E-state index in [4.69, 9.17) is 9.26 Å². The molecule has 1 aliphatic heterocycles. The summed E-state index contributed by atoms with van der Waals surface area (Å²) in [7, 11) is 1.64. The Balaban J connectivity index is 1.39. The van der Waals surface area contributed by atoms with Crippen molar-refractivity contribution in [3.63, 3.8) is 0 Å². The number of nitrogens with one attached hydrogen (secondary N) is 1. The Kier molecular flexibility index (Phi) is 4.45. The second-order valence-corrected chi connectivity index (χ2v) is 5.61. The van der Waals surface area contributed by atoms with Crippen LogP contribution in [0.4, 0.5) is 4.79 Å². The first-order valence-electron chi connectivity index (χ1n) is 7.61. The molecule has 0 radical (unpaired) electrons. The zero-order chi connectivity index (χ0) is 16.2. The van der Waals surface area contributed by atoms with Gasteiger partial charge in [0.05, 0.1) is 13.0 Å². The first-order valence-corrected chi connectivity index (χ1v) is 7.61. The fourth-order valence-corrected chi connectivity index (χ4v) is 2.50. The summed E-state index contributed by atoms with van der Waals surface area (Å²) in [5.74, 6) is 2.23. The van der Waals surface area contributed by atoms with Crippen LogP contribution in [0.1, 0.15) is 23.2 Å². The topological polar surface area (TPSA) is 80.5 Å². The Morgan fingerprint density at radius 1 is 1.39 bits per heavy atom. The van der Waals surface area contributed by atoms with Gasteiger partial charge < -0.3 is 19.5 Å². The maximum atomic E-state index is 12.0. The molecule has 1 aromatic heterocycles. The number of methoxy groups -OCH3 is 1. The standard InChI is InChI=1S/C16H20N4O3/c1-11-18-15(23-19-11)13-9-20(10-13)16(21)17-8-7-12-3-5-14(22-2)6-4-12/h3-6,13H,7-10H2,1-2H3,(H,17,21). The van der Waals surface area contributed by atoms with Crippen LogP contribution in [0.3, 0.4) is 0 Å². The van der Waals surface area contributed by atoms with Crippen LogP contribution in [0.2, 0.25) is 0 Å². The summed E-state index contributed by atoms with van der Waals surface area (Å²) in [5, 5.41) is 6.70. The fraction of sp³-hybridized carbons (Fsp3) is 0.438. The molecular weight excluding hydrogens is 296 g/mol. The molecule has 0 atom stereocenters. The van der Waals surface area contributed by atoms with Gasteiger partial charge in [0.1, 0.15) is 5.75 Å². The van der Waals surface area contributed by atoms with Crippen LogP contribution in [0, 0.1) is 6.92 Å². The van der Waals surface area contributed by atoms with Gasteiger partial charge in [-0.1, -0.05) is 17.3 Å². The lowest BCUT2D eigenvalue weighted by Crippen LogP contribution is -2.52. The quantitative estimate of drug-likeness (QED) is 0.909. The molecule has 0 saturated carbocycles. The molecule has 1 aliphatic rings. The highest BCUT2D eigenvalue weighted by atomic mass is 16.5. The highest BCUT2D eigenvalue weighted by molar-refractivity contribution is 5.75. The molecule has 1 N–H and O–H groups in total. The minimum atomic E-state index is -0.0500. The van der Waals surface area contributed by atoms with E-state index in [1.54, 1.807) is 18.9 Å². The third-order valence-electron chi connectivity index (χ3n) is 3.91. The first-order chi connectivity index (χ1) is 11.2. The Morgan fingerprint density at radius 3 is 2.74 bits per heavy atom. The molecule has 1 aromatic carbocycles. The summed E-state index contributed by atoms with van der Waals surface area (Å²) in [4.78, 5) is 18.0. The van der Waals surface area contributed by atoms with E-state index >= 15 is 0 Å². The summed E-state index contributed by atoms with van der Waals surface area (Å²) in [5.41, 5.74) is 1.16. The zero-order valence-electron chi connectivity index (χ0n) is 13.3. The average molecular weight is 316 g/mol. The average Bonchev–Trinajstić information content (AvgIpc) is 2.92. The molecule has 7 nitrogen and oxygen atoms in total. The molecule has 0 bridgehead atoms. The van der Waals surface area contributed by atoms with E-state index in [1.165, 1.54) is 0 Å². The SMILES string of the molecule is COc1ccc(CCNC(=O)N2CC(c3nc(C)no3)C2)cc1. The number of ether oxygens (including phenoxy) is 1. The molecule has 1 fully saturated rings. The van der Waals surface area contributed by atoms with Crippen molar-refractivity contribution in [1.29, 1.82) is 0 Å². The number of likely N-dealkylation sites (tertiary alicyclic amines) is 1. The maximum Gasteiger partial charge on any atom is 0.317 e. The summed E-state index contributed by atoms with van der Waals surface area (Å²) < 4.78 is 10.2. The minimum Gasteiger partial charge on any atom is -0.497 e. The van der Waals surface area contributed by atoms with Crippen molar-refractivity contribution in [2.75, 3.05) is 26.7 Å². The van der Waals surface area contributed by atoms with Crippen molar-refractivity contribution >= 4 is 6.03 Å². The van der Waals surface area contributed by atoms with Crippen molar-refractivity contribution in [3.05, 3.63) is 41.5 Å². The van der Waals surface area contributed by atoms with Crippen LogP contribution in [0.25, 0.3) is 0 Å². The number of rotatable bonds is 5. The number of nitrogens with zero attached hydrogens (tertiary/aromatic N) is 3. The number of urea groups is 1. The van der Waals surface area contributed by atoms with Crippen molar-refractivity contribution in [2.24, 2.45) is 0 Å². The van der Waals surface area contributed by atoms with Crippen LogP contribution in [0.5, 0.6) is 5.75 Å². The third kappa shape index (κ3) is 3.61. The molecule has 0 aliphatic carbocycles. The van der Waals surface area contributed by atoms with Crippen LogP contribution < -0.4 is 10.1 Å². The van der Waals surface area contributed by atoms with Gasteiger partial charge in [-0.2, -0.15) is 4.98 Å². The Morgan fingerprint density at radius 2 is 2.13 bits per heavy atom. The molecular formula is C16H20N4O3. The highest BCUT2D eigenvalue weighted by Gasteiger charge is 2.35. The summed E-state index contributed by atoms with van der Waals surface area (Å²) in [6.07, 6.45) is 0.788. The lowest BCUT2D eigenvalue weighted by atomic mass is 10.0. The van der Waals surface area contributed by atoms with Gasteiger partial charge in [0.25, 0.3) is 0 Å². The third-order valence-corrected chi connectivity index (χ3v) is 3.91. The van der Waals surface area contributed by atoms with E-state index in [0.29, 0.717) is 31.3 Å². The minimum absolute atomic E-state index is 0.0500. The van der Waals surface area contributed by atoms with Crippen LogP contribution >= 0.6 is 0 Å². The van der Waals surface area contributed by atoms with Crippen molar-refractivity contribution in [3.8, 4) is 5.75 Å². The number of aromatic nitrogens is 2. The molecule has 122 valence electrons. The van der Waals surface area contributed by atoms with Crippen LogP contribution in [-0.4, -0.2) is 47.8 Å². The number of amides is 2. The first kappa shape index (κ1) is 15.3. The molecule has 7 heteroatoms. The Hall–Kier alpha value is -2.57. The van der Waals surface area contributed by atoms with Gasteiger partial charge in [0.15, 0.2) is 5.82 Å². The van der Waals surface area contributed by atoms with E-state index in [-0.39, 0.29) is 11.9 Å². The highest BCUT2D eigenvalue weighted by Crippen LogP contribution is 2.25. The number of carbonyl (C=O) groups excluding carboxylic acids is 1. The van der Waals surface area contributed by atoms with Crippen LogP contribution in [-0.2, 0) is 6.42 Å². The molecule has 1 saturated heterocycles.